The maximum absolute atomic E-state index is 13.8. The van der Waals surface area contributed by atoms with Crippen molar-refractivity contribution in [1.82, 2.24) is 9.88 Å². The lowest BCUT2D eigenvalue weighted by molar-refractivity contribution is 0.0726. The van der Waals surface area contributed by atoms with E-state index in [9.17, 15) is 18.4 Å². The van der Waals surface area contributed by atoms with Gasteiger partial charge >= 0.3 is 6.09 Å². The lowest BCUT2D eigenvalue weighted by Crippen LogP contribution is -2.36. The molecule has 0 fully saturated rings. The minimum atomic E-state index is -0.886. The molecule has 0 saturated heterocycles. The highest BCUT2D eigenvalue weighted by molar-refractivity contribution is 7.15. The van der Waals surface area contributed by atoms with Crippen molar-refractivity contribution in [3.63, 3.8) is 0 Å². The first-order chi connectivity index (χ1) is 11.5. The zero-order valence-electron chi connectivity index (χ0n) is 12.6. The van der Waals surface area contributed by atoms with E-state index in [4.69, 9.17) is 0 Å². The Kier molecular flexibility index (Phi) is 4.43. The Morgan fingerprint density at radius 3 is 2.71 bits per heavy atom. The summed E-state index contributed by atoms with van der Waals surface area (Å²) in [6.07, 6.45) is -0.196. The second-order valence-electron chi connectivity index (χ2n) is 5.08. The number of hydrogen-bond donors (Lipinski definition) is 1. The molecule has 6 nitrogen and oxygen atoms in total. The van der Waals surface area contributed by atoms with E-state index in [0.29, 0.717) is 18.1 Å². The highest BCUT2D eigenvalue weighted by atomic mass is 32.1. The zero-order chi connectivity index (χ0) is 17.3. The van der Waals surface area contributed by atoms with E-state index in [-0.39, 0.29) is 6.54 Å². The van der Waals surface area contributed by atoms with Gasteiger partial charge in [-0.15, -0.1) is 0 Å². The molecule has 3 rings (SSSR count). The van der Waals surface area contributed by atoms with Crippen LogP contribution >= 0.6 is 11.3 Å². The number of nitrogens with zero attached hydrogens (tertiary/aromatic N) is 2. The van der Waals surface area contributed by atoms with Gasteiger partial charge in [0.2, 0.25) is 0 Å². The van der Waals surface area contributed by atoms with Crippen LogP contribution in [0.2, 0.25) is 0 Å². The van der Waals surface area contributed by atoms with Gasteiger partial charge in [0.25, 0.3) is 5.91 Å². The second kappa shape index (κ2) is 6.52. The van der Waals surface area contributed by atoms with Gasteiger partial charge in [0, 0.05) is 17.8 Å². The molecule has 0 spiro atoms. The average molecular weight is 353 g/mol. The predicted octanol–water partition coefficient (Wildman–Crippen LogP) is 2.80. The SMILES string of the molecule is COC(=O)Nc1nc2c(s1)CN(C(=O)c1c(F)cccc1F)CC2. The van der Waals surface area contributed by atoms with Crippen LogP contribution in [0.25, 0.3) is 0 Å². The van der Waals surface area contributed by atoms with Crippen LogP contribution in [0.4, 0.5) is 18.7 Å². The Hall–Kier alpha value is -2.55. The van der Waals surface area contributed by atoms with Crippen molar-refractivity contribution in [2.24, 2.45) is 0 Å². The number of fused-ring (bicyclic) bond motifs is 1. The molecule has 0 aliphatic carbocycles. The van der Waals surface area contributed by atoms with Gasteiger partial charge in [-0.1, -0.05) is 17.4 Å². The van der Waals surface area contributed by atoms with Gasteiger partial charge in [0.15, 0.2) is 5.13 Å². The fourth-order valence-corrected chi connectivity index (χ4v) is 3.43. The maximum atomic E-state index is 13.8. The molecule has 0 bridgehead atoms. The van der Waals surface area contributed by atoms with Gasteiger partial charge in [-0.25, -0.2) is 18.6 Å². The van der Waals surface area contributed by atoms with Gasteiger partial charge in [0.05, 0.1) is 19.3 Å². The Bertz CT molecular complexity index is 789. The number of anilines is 1. The highest BCUT2D eigenvalue weighted by Gasteiger charge is 2.28. The fourth-order valence-electron chi connectivity index (χ4n) is 2.42. The van der Waals surface area contributed by atoms with Gasteiger partial charge in [-0.2, -0.15) is 0 Å². The molecule has 2 amide bonds. The Balaban J connectivity index is 1.80. The van der Waals surface area contributed by atoms with Crippen LogP contribution in [-0.4, -0.2) is 35.5 Å². The predicted molar refractivity (Wildman–Crippen MR) is 82.9 cm³/mol. The summed E-state index contributed by atoms with van der Waals surface area (Å²) < 4.78 is 32.1. The largest absolute Gasteiger partial charge is 0.453 e. The number of hydrogen-bond acceptors (Lipinski definition) is 5. The topological polar surface area (TPSA) is 71.5 Å². The summed E-state index contributed by atoms with van der Waals surface area (Å²) in [6, 6.07) is 3.32. The number of thiazole rings is 1. The quantitative estimate of drug-likeness (QED) is 0.901. The molecule has 0 atom stereocenters. The van der Waals surface area contributed by atoms with E-state index in [1.807, 2.05) is 0 Å². The molecule has 126 valence electrons. The van der Waals surface area contributed by atoms with Crippen LogP contribution in [0.15, 0.2) is 18.2 Å². The van der Waals surface area contributed by atoms with Crippen LogP contribution in [0, 0.1) is 11.6 Å². The molecule has 1 N–H and O–H groups in total. The summed E-state index contributed by atoms with van der Waals surface area (Å²) in [5, 5.41) is 2.83. The lowest BCUT2D eigenvalue weighted by Gasteiger charge is -2.26. The number of ether oxygens (including phenoxy) is 1. The van der Waals surface area contributed by atoms with Crippen molar-refractivity contribution >= 4 is 28.5 Å². The Morgan fingerprint density at radius 1 is 1.33 bits per heavy atom. The minimum Gasteiger partial charge on any atom is -0.453 e. The number of amides is 2. The monoisotopic (exact) mass is 353 g/mol. The third-order valence-electron chi connectivity index (χ3n) is 3.59. The molecule has 0 radical (unpaired) electrons. The van der Waals surface area contributed by atoms with Crippen molar-refractivity contribution in [3.05, 3.63) is 46.0 Å². The lowest BCUT2D eigenvalue weighted by atomic mass is 10.1. The number of nitrogens with one attached hydrogen (secondary N) is 1. The molecule has 0 unspecified atom stereocenters. The van der Waals surface area contributed by atoms with E-state index >= 15 is 0 Å². The molecule has 1 aromatic heterocycles. The van der Waals surface area contributed by atoms with Crippen LogP contribution in [0.3, 0.4) is 0 Å². The van der Waals surface area contributed by atoms with Gasteiger partial charge in [0.1, 0.15) is 17.2 Å². The molecule has 9 heteroatoms. The smallest absolute Gasteiger partial charge is 0.413 e. The minimum absolute atomic E-state index is 0.183. The number of carbonyl (C=O) groups is 2. The van der Waals surface area contributed by atoms with Crippen molar-refractivity contribution in [1.29, 1.82) is 0 Å². The van der Waals surface area contributed by atoms with E-state index in [1.165, 1.54) is 29.4 Å². The summed E-state index contributed by atoms with van der Waals surface area (Å²) in [5.41, 5.74) is 0.197. The molecule has 1 aliphatic heterocycles. The second-order valence-corrected chi connectivity index (χ2v) is 6.16. The first kappa shape index (κ1) is 16.3. The summed E-state index contributed by atoms with van der Waals surface area (Å²) in [6.45, 7) is 0.476. The molecule has 0 saturated carbocycles. The third-order valence-corrected chi connectivity index (χ3v) is 4.59. The van der Waals surface area contributed by atoms with Gasteiger partial charge < -0.3 is 9.64 Å². The molecule has 1 aliphatic rings. The average Bonchev–Trinajstić information content (AvgIpc) is 2.95. The Labute approximate surface area is 140 Å². The molecular formula is C15H13F2N3O3S. The van der Waals surface area contributed by atoms with Crippen LogP contribution < -0.4 is 5.32 Å². The molecule has 2 aromatic rings. The van der Waals surface area contributed by atoms with Crippen LogP contribution in [-0.2, 0) is 17.7 Å². The first-order valence-electron chi connectivity index (χ1n) is 7.06. The first-order valence-corrected chi connectivity index (χ1v) is 7.88. The molecular weight excluding hydrogens is 340 g/mol. The molecule has 2 heterocycles. The zero-order valence-corrected chi connectivity index (χ0v) is 13.5. The number of methoxy groups -OCH3 is 1. The van der Waals surface area contributed by atoms with E-state index < -0.39 is 29.2 Å². The van der Waals surface area contributed by atoms with Crippen molar-refractivity contribution in [3.8, 4) is 0 Å². The van der Waals surface area contributed by atoms with Crippen molar-refractivity contribution < 1.29 is 23.1 Å². The molecule has 24 heavy (non-hydrogen) atoms. The standard InChI is InChI=1S/C15H13F2N3O3S/c1-23-15(22)19-14-18-10-5-6-20(7-11(10)24-14)13(21)12-8(16)3-2-4-9(12)17/h2-4H,5-7H2,1H3,(H,18,19,22). The molecule has 1 aromatic carbocycles. The maximum Gasteiger partial charge on any atom is 0.413 e. The van der Waals surface area contributed by atoms with Crippen molar-refractivity contribution in [2.45, 2.75) is 13.0 Å². The fraction of sp³-hybridized carbons (Fsp3) is 0.267. The van der Waals surface area contributed by atoms with Crippen LogP contribution in [0.5, 0.6) is 0 Å². The number of carbonyl (C=O) groups excluding carboxylic acids is 2. The summed E-state index contributed by atoms with van der Waals surface area (Å²) in [7, 11) is 1.24. The number of halogens is 2. The number of aromatic nitrogens is 1. The number of rotatable bonds is 2. The summed E-state index contributed by atoms with van der Waals surface area (Å²) in [4.78, 5) is 30.0. The summed E-state index contributed by atoms with van der Waals surface area (Å²) >= 11 is 1.20. The van der Waals surface area contributed by atoms with Gasteiger partial charge in [-0.3, -0.25) is 10.1 Å². The number of benzene rings is 1. The van der Waals surface area contributed by atoms with E-state index in [0.717, 1.165) is 22.7 Å². The Morgan fingerprint density at radius 2 is 2.04 bits per heavy atom. The highest BCUT2D eigenvalue weighted by Crippen LogP contribution is 2.29. The van der Waals surface area contributed by atoms with E-state index in [1.54, 1.807) is 0 Å². The normalized spacial score (nSPS) is 13.4. The van der Waals surface area contributed by atoms with E-state index in [2.05, 4.69) is 15.0 Å². The van der Waals surface area contributed by atoms with Crippen molar-refractivity contribution in [2.75, 3.05) is 19.0 Å². The third kappa shape index (κ3) is 3.07. The van der Waals surface area contributed by atoms with Gasteiger partial charge in [-0.05, 0) is 12.1 Å². The van der Waals surface area contributed by atoms with Crippen LogP contribution in [0.1, 0.15) is 20.9 Å². The summed E-state index contributed by atoms with van der Waals surface area (Å²) in [5.74, 6) is -2.47.